The first-order chi connectivity index (χ1) is 4.72. The van der Waals surface area contributed by atoms with Crippen LogP contribution < -0.4 is 0 Å². The van der Waals surface area contributed by atoms with Gasteiger partial charge < -0.3 is 9.94 Å². The number of hydrogen-bond donors (Lipinski definition) is 1. The van der Waals surface area contributed by atoms with E-state index in [1.807, 2.05) is 0 Å². The second-order valence-electron chi connectivity index (χ2n) is 1.99. The highest BCUT2D eigenvalue weighted by Crippen LogP contribution is 2.22. The van der Waals surface area contributed by atoms with Gasteiger partial charge in [-0.3, -0.25) is 4.79 Å². The number of halogens is 1. The molecule has 1 radical (unpaired) electrons. The second-order valence-corrected chi connectivity index (χ2v) is 2.43. The third kappa shape index (κ3) is 1.12. The molecule has 0 amide bonds. The molecule has 0 aromatic rings. The van der Waals surface area contributed by atoms with Crippen LogP contribution in [0.25, 0.3) is 0 Å². The third-order valence-corrected chi connectivity index (χ3v) is 1.39. The quantitative estimate of drug-likeness (QED) is 0.612. The van der Waals surface area contributed by atoms with Gasteiger partial charge in [-0.2, -0.15) is 0 Å². The average molecular weight is 163 g/mol. The van der Waals surface area contributed by atoms with Gasteiger partial charge in [0.15, 0.2) is 0 Å². The fourth-order valence-corrected chi connectivity index (χ4v) is 0.859. The predicted molar refractivity (Wildman–Crippen MR) is 34.5 cm³/mol. The molecule has 55 valence electrons. The third-order valence-electron chi connectivity index (χ3n) is 1.19. The van der Waals surface area contributed by atoms with Crippen LogP contribution in [0.5, 0.6) is 0 Å². The molecular weight excluding hydrogens is 158 g/mol. The normalized spacial score (nSPS) is 31.2. The van der Waals surface area contributed by atoms with E-state index in [9.17, 15) is 4.79 Å². The van der Waals surface area contributed by atoms with Gasteiger partial charge in [-0.1, -0.05) is 16.8 Å². The average Bonchev–Trinajstić information content (AvgIpc) is 2.33. The Bertz CT molecular complexity index is 182. The van der Waals surface area contributed by atoms with Crippen LogP contribution in [0.3, 0.4) is 0 Å². The molecule has 10 heavy (non-hydrogen) atoms. The molecule has 1 N–H and O–H groups in total. The summed E-state index contributed by atoms with van der Waals surface area (Å²) in [5.41, 5.74) is -1.34. The Hall–Kier alpha value is -0.610. The lowest BCUT2D eigenvalue weighted by Crippen LogP contribution is -2.34. The minimum absolute atomic E-state index is 0.106. The minimum Gasteiger partial charge on any atom is -0.392 e. The number of rotatable bonds is 2. The zero-order valence-corrected chi connectivity index (χ0v) is 5.76. The number of hydrogen-bond acceptors (Lipinski definition) is 4. The molecule has 0 aromatic carbocycles. The molecule has 1 aliphatic heterocycles. The van der Waals surface area contributed by atoms with E-state index in [4.69, 9.17) is 16.7 Å². The maximum Gasteiger partial charge on any atom is 0.252 e. The Morgan fingerprint density at radius 3 is 2.90 bits per heavy atom. The van der Waals surface area contributed by atoms with Crippen LogP contribution in [-0.4, -0.2) is 28.8 Å². The highest BCUT2D eigenvalue weighted by atomic mass is 35.5. The molecule has 0 spiro atoms. The van der Waals surface area contributed by atoms with Gasteiger partial charge in [0.05, 0.1) is 13.0 Å². The van der Waals surface area contributed by atoms with Crippen molar-refractivity contribution in [3.63, 3.8) is 0 Å². The van der Waals surface area contributed by atoms with Gasteiger partial charge in [0, 0.05) is 0 Å². The fourth-order valence-electron chi connectivity index (χ4n) is 0.609. The molecule has 5 heteroatoms. The summed E-state index contributed by atoms with van der Waals surface area (Å²) in [7, 11) is 0. The highest BCUT2D eigenvalue weighted by molar-refractivity contribution is 6.65. The summed E-state index contributed by atoms with van der Waals surface area (Å²) in [6.45, 7) is -0.448. The molecule has 1 aliphatic rings. The number of carbonyl (C=O) groups excluding carboxylic acids is 1. The van der Waals surface area contributed by atoms with Crippen molar-refractivity contribution < 1.29 is 14.7 Å². The summed E-state index contributed by atoms with van der Waals surface area (Å²) >= 11 is 5.39. The molecular formula is C5H5ClNO3. The lowest BCUT2D eigenvalue weighted by Gasteiger charge is -2.13. The summed E-state index contributed by atoms with van der Waals surface area (Å²) < 4.78 is 0. The van der Waals surface area contributed by atoms with Gasteiger partial charge in [0.1, 0.15) is 5.17 Å². The van der Waals surface area contributed by atoms with E-state index in [0.29, 0.717) is 0 Å². The number of aliphatic hydroxyl groups excluding tert-OH is 1. The Balaban J connectivity index is 2.65. The topological polar surface area (TPSA) is 58.9 Å². The largest absolute Gasteiger partial charge is 0.392 e. The summed E-state index contributed by atoms with van der Waals surface area (Å²) in [5, 5.41) is 12.1. The van der Waals surface area contributed by atoms with Crippen LogP contribution in [0.15, 0.2) is 5.16 Å². The SMILES string of the molecule is O=[C]C1(CO)CC(Cl)=NO1. The Morgan fingerprint density at radius 1 is 2.00 bits per heavy atom. The van der Waals surface area contributed by atoms with Gasteiger partial charge in [-0.25, -0.2) is 0 Å². The number of nitrogens with zero attached hydrogens (tertiary/aromatic N) is 1. The van der Waals surface area contributed by atoms with Crippen LogP contribution >= 0.6 is 11.6 Å². The lowest BCUT2D eigenvalue weighted by atomic mass is 10.1. The maximum atomic E-state index is 10.2. The zero-order chi connectivity index (χ0) is 7.61. The lowest BCUT2D eigenvalue weighted by molar-refractivity contribution is -0.00705. The smallest absolute Gasteiger partial charge is 0.252 e. The van der Waals surface area contributed by atoms with Crippen LogP contribution in [0.4, 0.5) is 0 Å². The van der Waals surface area contributed by atoms with E-state index < -0.39 is 12.2 Å². The maximum absolute atomic E-state index is 10.2. The van der Waals surface area contributed by atoms with Crippen molar-refractivity contribution in [2.24, 2.45) is 5.16 Å². The molecule has 1 atom stereocenters. The van der Waals surface area contributed by atoms with Crippen LogP contribution in [0, 0.1) is 0 Å². The van der Waals surface area contributed by atoms with Crippen molar-refractivity contribution in [3.05, 3.63) is 0 Å². The summed E-state index contributed by atoms with van der Waals surface area (Å²) in [6.07, 6.45) is 1.64. The first-order valence-corrected chi connectivity index (χ1v) is 3.01. The van der Waals surface area contributed by atoms with Gasteiger partial charge >= 0.3 is 0 Å². The summed E-state index contributed by atoms with van der Waals surface area (Å²) in [6, 6.07) is 0. The Morgan fingerprint density at radius 2 is 2.70 bits per heavy atom. The van der Waals surface area contributed by atoms with Crippen LogP contribution in [0.1, 0.15) is 6.42 Å². The minimum atomic E-state index is -1.34. The molecule has 0 bridgehead atoms. The number of aliphatic hydroxyl groups is 1. The van der Waals surface area contributed by atoms with E-state index in [1.54, 1.807) is 0 Å². The molecule has 1 rings (SSSR count). The van der Waals surface area contributed by atoms with Crippen molar-refractivity contribution in [2.75, 3.05) is 6.61 Å². The molecule has 0 saturated heterocycles. The van der Waals surface area contributed by atoms with Crippen LogP contribution in [0.2, 0.25) is 0 Å². The Labute approximate surface area is 62.4 Å². The van der Waals surface area contributed by atoms with Crippen molar-refractivity contribution >= 4 is 23.1 Å². The fraction of sp³-hybridized carbons (Fsp3) is 0.600. The molecule has 0 saturated carbocycles. The van der Waals surface area contributed by atoms with E-state index in [-0.39, 0.29) is 11.6 Å². The molecule has 1 heterocycles. The van der Waals surface area contributed by atoms with Gasteiger partial charge in [-0.05, 0) is 0 Å². The first-order valence-electron chi connectivity index (χ1n) is 2.63. The van der Waals surface area contributed by atoms with Crippen molar-refractivity contribution in [1.29, 1.82) is 0 Å². The molecule has 0 aliphatic carbocycles. The van der Waals surface area contributed by atoms with E-state index >= 15 is 0 Å². The van der Waals surface area contributed by atoms with E-state index in [2.05, 4.69) is 9.99 Å². The van der Waals surface area contributed by atoms with Gasteiger partial charge in [0.2, 0.25) is 5.60 Å². The highest BCUT2D eigenvalue weighted by Gasteiger charge is 2.39. The Kier molecular flexibility index (Phi) is 1.92. The molecule has 4 nitrogen and oxygen atoms in total. The molecule has 0 fully saturated rings. The van der Waals surface area contributed by atoms with Crippen molar-refractivity contribution in [3.8, 4) is 0 Å². The number of oxime groups is 1. The van der Waals surface area contributed by atoms with Gasteiger partial charge in [-0.15, -0.1) is 0 Å². The summed E-state index contributed by atoms with van der Waals surface area (Å²) in [4.78, 5) is 14.7. The van der Waals surface area contributed by atoms with Gasteiger partial charge in [0.25, 0.3) is 6.29 Å². The molecule has 0 aromatic heterocycles. The van der Waals surface area contributed by atoms with E-state index in [0.717, 1.165) is 0 Å². The monoisotopic (exact) mass is 162 g/mol. The predicted octanol–water partition coefficient (Wildman–Crippen LogP) is -0.200. The van der Waals surface area contributed by atoms with Crippen LogP contribution in [-0.2, 0) is 9.63 Å². The zero-order valence-electron chi connectivity index (χ0n) is 5.00. The second kappa shape index (κ2) is 2.56. The van der Waals surface area contributed by atoms with Crippen molar-refractivity contribution in [1.82, 2.24) is 0 Å². The first kappa shape index (κ1) is 7.50. The van der Waals surface area contributed by atoms with Crippen molar-refractivity contribution in [2.45, 2.75) is 12.0 Å². The standard InChI is InChI=1S/C5H5ClNO3/c6-4-1-5(2-8,3-9)10-7-4/h8H,1-2H2. The molecule has 1 unspecified atom stereocenters. The summed E-state index contributed by atoms with van der Waals surface area (Å²) in [5.74, 6) is 0. The van der Waals surface area contributed by atoms with E-state index in [1.165, 1.54) is 6.29 Å².